The number of nitrogens with one attached hydrogen (secondary N) is 1. The summed E-state index contributed by atoms with van der Waals surface area (Å²) in [6.07, 6.45) is 1.37. The molecule has 1 N–H and O–H groups in total. The average Bonchev–Trinajstić information content (AvgIpc) is 2.90. The topological polar surface area (TPSA) is 60.7 Å². The van der Waals surface area contributed by atoms with E-state index in [0.717, 1.165) is 5.56 Å². The second-order valence-electron chi connectivity index (χ2n) is 3.97. The second-order valence-corrected chi connectivity index (χ2v) is 4.31. The number of halogens is 1. The second kappa shape index (κ2) is 6.34. The van der Waals surface area contributed by atoms with Crippen molar-refractivity contribution < 1.29 is 18.7 Å². The average molecular weight is 296 g/mol. The van der Waals surface area contributed by atoms with Crippen LogP contribution in [0.25, 0.3) is 0 Å². The molecule has 2 rings (SSSR count). The maximum Gasteiger partial charge on any atom is 0.256 e. The van der Waals surface area contributed by atoms with Gasteiger partial charge >= 0.3 is 0 Å². The van der Waals surface area contributed by atoms with Crippen LogP contribution in [-0.2, 0) is 6.54 Å². The Morgan fingerprint density at radius 1 is 1.30 bits per heavy atom. The van der Waals surface area contributed by atoms with Gasteiger partial charge < -0.3 is 19.2 Å². The molecule has 1 heterocycles. The first kappa shape index (κ1) is 14.3. The predicted octanol–water partition coefficient (Wildman–Crippen LogP) is 2.88. The molecule has 0 radical (unpaired) electrons. The molecule has 106 valence electrons. The van der Waals surface area contributed by atoms with E-state index in [1.165, 1.54) is 12.3 Å². The summed E-state index contributed by atoms with van der Waals surface area (Å²) in [7, 11) is 3.14. The van der Waals surface area contributed by atoms with Gasteiger partial charge in [-0.2, -0.15) is 0 Å². The fraction of sp³-hybridized carbons (Fsp3) is 0.214. The molecular weight excluding hydrogens is 282 g/mol. The minimum Gasteiger partial charge on any atom is -0.497 e. The van der Waals surface area contributed by atoms with Crippen LogP contribution in [0.4, 0.5) is 0 Å². The molecule has 1 amide bonds. The molecule has 0 spiro atoms. The molecule has 0 unspecified atom stereocenters. The van der Waals surface area contributed by atoms with E-state index in [1.807, 2.05) is 6.07 Å². The van der Waals surface area contributed by atoms with Crippen molar-refractivity contribution in [2.45, 2.75) is 6.54 Å². The number of ether oxygens (including phenoxy) is 2. The van der Waals surface area contributed by atoms with Gasteiger partial charge in [0.25, 0.3) is 5.91 Å². The Hall–Kier alpha value is -2.14. The zero-order valence-corrected chi connectivity index (χ0v) is 11.9. The van der Waals surface area contributed by atoms with Crippen molar-refractivity contribution in [1.29, 1.82) is 0 Å². The van der Waals surface area contributed by atoms with E-state index in [-0.39, 0.29) is 11.1 Å². The standard InChI is InChI=1S/C14H14ClNO4/c1-18-10-4-3-9(12(7-10)19-2)8-16-14(17)11-5-6-20-13(11)15/h3-7H,8H2,1-2H3,(H,16,17). The Morgan fingerprint density at radius 3 is 2.70 bits per heavy atom. The van der Waals surface area contributed by atoms with Gasteiger partial charge in [-0.25, -0.2) is 0 Å². The summed E-state index contributed by atoms with van der Waals surface area (Å²) in [6.45, 7) is 0.313. The quantitative estimate of drug-likeness (QED) is 0.921. The summed E-state index contributed by atoms with van der Waals surface area (Å²) < 4.78 is 15.2. The number of rotatable bonds is 5. The molecule has 0 aliphatic carbocycles. The van der Waals surface area contributed by atoms with Crippen molar-refractivity contribution >= 4 is 17.5 Å². The Balaban J connectivity index is 2.07. The molecule has 2 aromatic rings. The Bertz CT molecular complexity index is 609. The third-order valence-electron chi connectivity index (χ3n) is 2.80. The van der Waals surface area contributed by atoms with Crippen LogP contribution in [0, 0.1) is 0 Å². The Labute approximate surface area is 121 Å². The molecule has 0 saturated carbocycles. The van der Waals surface area contributed by atoms with Crippen molar-refractivity contribution in [3.63, 3.8) is 0 Å². The number of benzene rings is 1. The number of amides is 1. The SMILES string of the molecule is COc1ccc(CNC(=O)c2ccoc2Cl)c(OC)c1. The van der Waals surface area contributed by atoms with Crippen molar-refractivity contribution in [2.24, 2.45) is 0 Å². The monoisotopic (exact) mass is 295 g/mol. The first-order valence-electron chi connectivity index (χ1n) is 5.87. The molecule has 0 aliphatic heterocycles. The molecular formula is C14H14ClNO4. The number of hydrogen-bond donors (Lipinski definition) is 1. The predicted molar refractivity (Wildman–Crippen MR) is 74.4 cm³/mol. The van der Waals surface area contributed by atoms with Crippen LogP contribution in [0.2, 0.25) is 5.22 Å². The van der Waals surface area contributed by atoms with Gasteiger partial charge in [-0.05, 0) is 29.8 Å². The number of hydrogen-bond acceptors (Lipinski definition) is 4. The zero-order valence-electron chi connectivity index (χ0n) is 11.1. The van der Waals surface area contributed by atoms with Crippen molar-refractivity contribution in [3.8, 4) is 11.5 Å². The van der Waals surface area contributed by atoms with Crippen LogP contribution in [-0.4, -0.2) is 20.1 Å². The van der Waals surface area contributed by atoms with Crippen molar-refractivity contribution in [2.75, 3.05) is 14.2 Å². The molecule has 5 nitrogen and oxygen atoms in total. The highest BCUT2D eigenvalue weighted by Crippen LogP contribution is 2.24. The highest BCUT2D eigenvalue weighted by atomic mass is 35.5. The van der Waals surface area contributed by atoms with E-state index in [1.54, 1.807) is 26.4 Å². The first-order valence-corrected chi connectivity index (χ1v) is 6.25. The highest BCUT2D eigenvalue weighted by molar-refractivity contribution is 6.32. The van der Waals surface area contributed by atoms with Gasteiger partial charge in [0.15, 0.2) is 0 Å². The highest BCUT2D eigenvalue weighted by Gasteiger charge is 2.13. The number of furan rings is 1. The van der Waals surface area contributed by atoms with Gasteiger partial charge in [-0.1, -0.05) is 0 Å². The van der Waals surface area contributed by atoms with E-state index in [2.05, 4.69) is 5.32 Å². The normalized spacial score (nSPS) is 10.2. The van der Waals surface area contributed by atoms with Gasteiger partial charge in [0.1, 0.15) is 11.5 Å². The molecule has 0 atom stereocenters. The van der Waals surface area contributed by atoms with E-state index in [4.69, 9.17) is 25.5 Å². The fourth-order valence-electron chi connectivity index (χ4n) is 1.72. The number of methoxy groups -OCH3 is 2. The number of carbonyl (C=O) groups excluding carboxylic acids is 1. The van der Waals surface area contributed by atoms with Crippen LogP contribution in [0.15, 0.2) is 34.9 Å². The van der Waals surface area contributed by atoms with Crippen LogP contribution < -0.4 is 14.8 Å². The molecule has 1 aromatic carbocycles. The molecule has 0 fully saturated rings. The van der Waals surface area contributed by atoms with Crippen LogP contribution in [0.3, 0.4) is 0 Å². The summed E-state index contributed by atoms with van der Waals surface area (Å²) in [4.78, 5) is 11.9. The minimum atomic E-state index is -0.304. The van der Waals surface area contributed by atoms with Gasteiger partial charge in [0.05, 0.1) is 26.0 Å². The molecule has 6 heteroatoms. The summed E-state index contributed by atoms with van der Waals surface area (Å²) >= 11 is 5.75. The lowest BCUT2D eigenvalue weighted by Gasteiger charge is -2.11. The molecule has 0 bridgehead atoms. The van der Waals surface area contributed by atoms with Crippen molar-refractivity contribution in [1.82, 2.24) is 5.32 Å². The smallest absolute Gasteiger partial charge is 0.256 e. The van der Waals surface area contributed by atoms with Crippen LogP contribution in [0.1, 0.15) is 15.9 Å². The largest absolute Gasteiger partial charge is 0.497 e. The van der Waals surface area contributed by atoms with Crippen LogP contribution >= 0.6 is 11.6 Å². The lowest BCUT2D eigenvalue weighted by molar-refractivity contribution is 0.0950. The molecule has 0 aliphatic rings. The summed E-state index contributed by atoms with van der Waals surface area (Å²) in [6, 6.07) is 6.90. The van der Waals surface area contributed by atoms with E-state index < -0.39 is 0 Å². The van der Waals surface area contributed by atoms with E-state index in [0.29, 0.717) is 23.6 Å². The summed E-state index contributed by atoms with van der Waals surface area (Å²) in [5.41, 5.74) is 1.14. The molecule has 1 aromatic heterocycles. The van der Waals surface area contributed by atoms with Crippen LogP contribution in [0.5, 0.6) is 11.5 Å². The fourth-order valence-corrected chi connectivity index (χ4v) is 1.92. The minimum absolute atomic E-state index is 0.0733. The molecule has 20 heavy (non-hydrogen) atoms. The van der Waals surface area contributed by atoms with Crippen molar-refractivity contribution in [3.05, 3.63) is 46.9 Å². The van der Waals surface area contributed by atoms with E-state index >= 15 is 0 Å². The van der Waals surface area contributed by atoms with Gasteiger partial charge in [0, 0.05) is 18.2 Å². The maximum atomic E-state index is 11.9. The maximum absolute atomic E-state index is 11.9. The van der Waals surface area contributed by atoms with E-state index in [9.17, 15) is 4.79 Å². The summed E-state index contributed by atoms with van der Waals surface area (Å²) in [5.74, 6) is 1.03. The molecule has 0 saturated heterocycles. The lowest BCUT2D eigenvalue weighted by Crippen LogP contribution is -2.22. The number of carbonyl (C=O) groups is 1. The Morgan fingerprint density at radius 2 is 2.10 bits per heavy atom. The van der Waals surface area contributed by atoms with Gasteiger partial charge in [0.2, 0.25) is 5.22 Å². The third kappa shape index (κ3) is 3.05. The Kier molecular flexibility index (Phi) is 4.53. The third-order valence-corrected chi connectivity index (χ3v) is 3.09. The first-order chi connectivity index (χ1) is 9.65. The lowest BCUT2D eigenvalue weighted by atomic mass is 10.2. The zero-order chi connectivity index (χ0) is 14.5. The van der Waals surface area contributed by atoms with Gasteiger partial charge in [-0.3, -0.25) is 4.79 Å². The summed E-state index contributed by atoms with van der Waals surface area (Å²) in [5, 5.41) is 2.82. The van der Waals surface area contributed by atoms with Gasteiger partial charge in [-0.15, -0.1) is 0 Å².